The average Bonchev–Trinajstić information content (AvgIpc) is 2.79. The highest BCUT2D eigenvalue weighted by Gasteiger charge is 2.14. The van der Waals surface area contributed by atoms with Crippen LogP contribution in [-0.2, 0) is 11.2 Å². The van der Waals surface area contributed by atoms with Crippen LogP contribution in [0.15, 0.2) is 48.5 Å². The average molecular weight is 482 g/mol. The van der Waals surface area contributed by atoms with Crippen molar-refractivity contribution in [1.82, 2.24) is 5.32 Å². The van der Waals surface area contributed by atoms with E-state index in [-0.39, 0.29) is 18.3 Å². The molecule has 0 fully saturated rings. The van der Waals surface area contributed by atoms with Gasteiger partial charge in [0.25, 0.3) is 5.91 Å². The molecule has 0 aliphatic rings. The first kappa shape index (κ1) is 25.4. The molecule has 0 aliphatic heterocycles. The number of aromatic hydroxyl groups is 1. The van der Waals surface area contributed by atoms with Crippen molar-refractivity contribution in [2.75, 3.05) is 13.7 Å². The second kappa shape index (κ2) is 11.7. The molecular formula is C24H23Cl2F2NO3. The number of halogens is 4. The molecule has 0 aromatic heterocycles. The summed E-state index contributed by atoms with van der Waals surface area (Å²) in [5.41, 5.74) is 2.05. The molecule has 0 aliphatic carbocycles. The van der Waals surface area contributed by atoms with Crippen molar-refractivity contribution in [3.05, 3.63) is 81.3 Å². The third-order valence-electron chi connectivity index (χ3n) is 4.44. The first-order valence-electron chi connectivity index (χ1n) is 9.87. The van der Waals surface area contributed by atoms with Crippen molar-refractivity contribution in [1.29, 1.82) is 0 Å². The number of carbonyl (C=O) groups excluding carboxylic acids is 1. The molecule has 0 bridgehead atoms. The molecule has 0 atom stereocenters. The van der Waals surface area contributed by atoms with Crippen LogP contribution in [0.4, 0.5) is 8.78 Å². The third kappa shape index (κ3) is 6.34. The number of amides is 1. The maximum atomic E-state index is 13.6. The highest BCUT2D eigenvalue weighted by Crippen LogP contribution is 2.35. The molecule has 2 N–H and O–H groups in total. The van der Waals surface area contributed by atoms with Gasteiger partial charge in [-0.25, -0.2) is 8.78 Å². The van der Waals surface area contributed by atoms with E-state index in [1.807, 2.05) is 13.8 Å². The summed E-state index contributed by atoms with van der Waals surface area (Å²) in [6.45, 7) is 3.83. The van der Waals surface area contributed by atoms with Crippen LogP contribution in [-0.4, -0.2) is 24.7 Å². The zero-order valence-corrected chi connectivity index (χ0v) is 19.3. The van der Waals surface area contributed by atoms with Gasteiger partial charge in [0.1, 0.15) is 11.5 Å². The fourth-order valence-electron chi connectivity index (χ4n) is 2.85. The number of hydrogen-bond acceptors (Lipinski definition) is 3. The van der Waals surface area contributed by atoms with E-state index in [9.17, 15) is 18.7 Å². The van der Waals surface area contributed by atoms with Crippen LogP contribution in [0.5, 0.6) is 11.5 Å². The molecule has 3 rings (SSSR count). The van der Waals surface area contributed by atoms with Crippen LogP contribution in [0.3, 0.4) is 0 Å². The van der Waals surface area contributed by atoms with Crippen LogP contribution < -0.4 is 10.1 Å². The van der Waals surface area contributed by atoms with Crippen molar-refractivity contribution in [3.8, 4) is 22.6 Å². The number of carbonyl (C=O) groups is 1. The second-order valence-electron chi connectivity index (χ2n) is 6.48. The minimum atomic E-state index is -1.00. The summed E-state index contributed by atoms with van der Waals surface area (Å²) in [5, 5.41) is 13.3. The van der Waals surface area contributed by atoms with Crippen LogP contribution >= 0.6 is 23.2 Å². The Morgan fingerprint density at radius 2 is 1.66 bits per heavy atom. The summed E-state index contributed by atoms with van der Waals surface area (Å²) >= 11 is 12.7. The molecule has 170 valence electrons. The fourth-order valence-corrected chi connectivity index (χ4v) is 3.45. The molecule has 0 saturated carbocycles. The quantitative estimate of drug-likeness (QED) is 0.428. The molecule has 3 aromatic carbocycles. The number of benzene rings is 3. The molecule has 0 unspecified atom stereocenters. The molecular weight excluding hydrogens is 459 g/mol. The summed E-state index contributed by atoms with van der Waals surface area (Å²) in [5.74, 6) is -1.98. The highest BCUT2D eigenvalue weighted by molar-refractivity contribution is 6.36. The summed E-state index contributed by atoms with van der Waals surface area (Å²) in [6.07, 6.45) is 0.324. The highest BCUT2D eigenvalue weighted by atomic mass is 35.5. The van der Waals surface area contributed by atoms with E-state index < -0.39 is 11.6 Å². The zero-order valence-electron chi connectivity index (χ0n) is 17.8. The van der Waals surface area contributed by atoms with Gasteiger partial charge in [0.05, 0.1) is 0 Å². The Morgan fingerprint density at radius 3 is 2.25 bits per heavy atom. The van der Waals surface area contributed by atoms with Crippen LogP contribution in [0.1, 0.15) is 25.0 Å². The Kier molecular flexibility index (Phi) is 9.29. The lowest BCUT2D eigenvalue weighted by Crippen LogP contribution is -2.24. The second-order valence-corrected chi connectivity index (χ2v) is 7.30. The van der Waals surface area contributed by atoms with Gasteiger partial charge < -0.3 is 15.2 Å². The minimum absolute atomic E-state index is 0.0695. The first-order valence-corrected chi connectivity index (χ1v) is 10.6. The van der Waals surface area contributed by atoms with E-state index in [0.717, 1.165) is 17.7 Å². The zero-order chi connectivity index (χ0) is 23.8. The summed E-state index contributed by atoms with van der Waals surface area (Å²) in [4.78, 5) is 11.3. The van der Waals surface area contributed by atoms with Gasteiger partial charge in [0.2, 0.25) is 0 Å². The SMILES string of the molecule is CC.CNC(=O)COc1cc(Cl)c(Cc2ccc(O)c(-c3ccc(F)c(F)c3)c2)c(Cl)c1. The molecule has 3 aromatic rings. The number of likely N-dealkylation sites (N-methyl/N-ethyl adjacent to an activating group) is 1. The number of phenols is 1. The van der Waals surface area contributed by atoms with Crippen molar-refractivity contribution >= 4 is 29.1 Å². The summed E-state index contributed by atoms with van der Waals surface area (Å²) in [7, 11) is 1.50. The van der Waals surface area contributed by atoms with Gasteiger partial charge in [-0.3, -0.25) is 4.79 Å². The van der Waals surface area contributed by atoms with Gasteiger partial charge in [0, 0.05) is 29.1 Å². The molecule has 0 saturated heterocycles. The van der Waals surface area contributed by atoms with Crippen LogP contribution in [0, 0.1) is 11.6 Å². The van der Waals surface area contributed by atoms with Crippen molar-refractivity contribution in [3.63, 3.8) is 0 Å². The van der Waals surface area contributed by atoms with Gasteiger partial charge >= 0.3 is 0 Å². The van der Waals surface area contributed by atoms with E-state index in [2.05, 4.69) is 5.32 Å². The number of phenolic OH excluding ortho intramolecular Hbond substituents is 1. The number of nitrogens with one attached hydrogen (secondary N) is 1. The van der Waals surface area contributed by atoms with Crippen molar-refractivity contribution < 1.29 is 23.4 Å². The number of rotatable bonds is 6. The van der Waals surface area contributed by atoms with E-state index in [0.29, 0.717) is 38.9 Å². The van der Waals surface area contributed by atoms with Crippen LogP contribution in [0.25, 0.3) is 11.1 Å². The predicted octanol–water partition coefficient (Wildman–Crippen LogP) is 6.39. The molecule has 32 heavy (non-hydrogen) atoms. The van der Waals surface area contributed by atoms with E-state index in [1.54, 1.807) is 24.3 Å². The fraction of sp³-hybridized carbons (Fsp3) is 0.208. The summed E-state index contributed by atoms with van der Waals surface area (Å²) in [6, 6.07) is 11.3. The smallest absolute Gasteiger partial charge is 0.257 e. The first-order chi connectivity index (χ1) is 15.3. The third-order valence-corrected chi connectivity index (χ3v) is 5.11. The Balaban J connectivity index is 0.00000176. The predicted molar refractivity (Wildman–Crippen MR) is 124 cm³/mol. The number of hydrogen-bond donors (Lipinski definition) is 2. The normalized spacial score (nSPS) is 10.2. The van der Waals surface area contributed by atoms with Gasteiger partial charge in [-0.1, -0.05) is 49.2 Å². The van der Waals surface area contributed by atoms with Gasteiger partial charge in [-0.05, 0) is 53.1 Å². The Bertz CT molecular complexity index is 1080. The van der Waals surface area contributed by atoms with Crippen molar-refractivity contribution in [2.45, 2.75) is 20.3 Å². The van der Waals surface area contributed by atoms with Gasteiger partial charge in [-0.15, -0.1) is 0 Å². The lowest BCUT2D eigenvalue weighted by molar-refractivity contribution is -0.122. The van der Waals surface area contributed by atoms with Crippen LogP contribution in [0.2, 0.25) is 10.0 Å². The van der Waals surface area contributed by atoms with Gasteiger partial charge in [-0.2, -0.15) is 0 Å². The van der Waals surface area contributed by atoms with E-state index in [1.165, 1.54) is 19.2 Å². The van der Waals surface area contributed by atoms with Crippen molar-refractivity contribution in [2.24, 2.45) is 0 Å². The Morgan fingerprint density at radius 1 is 1.00 bits per heavy atom. The molecule has 0 radical (unpaired) electrons. The lowest BCUT2D eigenvalue weighted by atomic mass is 9.98. The molecule has 0 heterocycles. The molecule has 8 heteroatoms. The van der Waals surface area contributed by atoms with E-state index >= 15 is 0 Å². The molecule has 4 nitrogen and oxygen atoms in total. The Hall–Kier alpha value is -2.83. The number of ether oxygens (including phenoxy) is 1. The maximum Gasteiger partial charge on any atom is 0.257 e. The maximum absolute atomic E-state index is 13.6. The summed E-state index contributed by atoms with van der Waals surface area (Å²) < 4.78 is 32.2. The minimum Gasteiger partial charge on any atom is -0.507 e. The molecule has 0 spiro atoms. The van der Waals surface area contributed by atoms with Gasteiger partial charge in [0.15, 0.2) is 18.2 Å². The largest absolute Gasteiger partial charge is 0.507 e. The molecule has 1 amide bonds. The van der Waals surface area contributed by atoms with E-state index in [4.69, 9.17) is 27.9 Å². The standard InChI is InChI=1S/C22H17Cl2F2NO3.C2H6/c1-27-22(29)11-30-14-9-17(23)16(18(24)10-14)7-12-2-5-21(28)15(6-12)13-3-4-19(25)20(26)8-13;1-2/h2-6,8-10,28H,7,11H2,1H3,(H,27,29);1-2H3. The Labute approximate surface area is 195 Å². The lowest BCUT2D eigenvalue weighted by Gasteiger charge is -2.13. The topological polar surface area (TPSA) is 58.6 Å². The monoisotopic (exact) mass is 481 g/mol.